The van der Waals surface area contributed by atoms with E-state index in [9.17, 15) is 8.78 Å². The third kappa shape index (κ3) is 4.64. The standard InChI is InChI=1S/C16H24F2N2O/c1-2-3-7-14(20-11-9-19-10-12-20)13-6-4-5-8-15(13)21-16(17)18/h4-6,8,14,16,19H,2-3,7,9-12H2,1H3/t14-/m1/s1. The van der Waals surface area contributed by atoms with Crippen molar-refractivity contribution in [3.63, 3.8) is 0 Å². The molecule has 1 saturated heterocycles. The first kappa shape index (κ1) is 16.2. The Balaban J connectivity index is 2.22. The van der Waals surface area contributed by atoms with Gasteiger partial charge in [-0.15, -0.1) is 0 Å². The normalized spacial score (nSPS) is 17.9. The molecule has 0 bridgehead atoms. The van der Waals surface area contributed by atoms with Gasteiger partial charge in [0.1, 0.15) is 5.75 Å². The highest BCUT2D eigenvalue weighted by molar-refractivity contribution is 5.36. The van der Waals surface area contributed by atoms with Gasteiger partial charge < -0.3 is 10.1 Å². The van der Waals surface area contributed by atoms with Crippen LogP contribution in [0.5, 0.6) is 5.75 Å². The van der Waals surface area contributed by atoms with Crippen LogP contribution in [-0.4, -0.2) is 37.7 Å². The summed E-state index contributed by atoms with van der Waals surface area (Å²) in [4.78, 5) is 2.37. The van der Waals surface area contributed by atoms with Gasteiger partial charge in [-0.1, -0.05) is 38.0 Å². The minimum absolute atomic E-state index is 0.155. The third-order valence-electron chi connectivity index (χ3n) is 3.92. The fourth-order valence-corrected chi connectivity index (χ4v) is 2.89. The summed E-state index contributed by atoms with van der Waals surface area (Å²) in [6.45, 7) is 3.15. The van der Waals surface area contributed by atoms with Crippen LogP contribution in [0.2, 0.25) is 0 Å². The van der Waals surface area contributed by atoms with E-state index in [2.05, 4.69) is 17.1 Å². The number of alkyl halides is 2. The molecule has 0 amide bonds. The maximum atomic E-state index is 12.6. The Hall–Kier alpha value is -1.20. The number of hydrogen-bond donors (Lipinski definition) is 1. The Morgan fingerprint density at radius 3 is 2.62 bits per heavy atom. The minimum atomic E-state index is -2.78. The van der Waals surface area contributed by atoms with Gasteiger partial charge in [-0.25, -0.2) is 0 Å². The molecule has 1 aliphatic heterocycles. The van der Waals surface area contributed by atoms with E-state index in [-0.39, 0.29) is 6.04 Å². The first-order valence-corrected chi connectivity index (χ1v) is 7.71. The Bertz CT molecular complexity index is 422. The van der Waals surface area contributed by atoms with Gasteiger partial charge in [0.15, 0.2) is 0 Å². The topological polar surface area (TPSA) is 24.5 Å². The second-order valence-electron chi connectivity index (χ2n) is 5.36. The van der Waals surface area contributed by atoms with Crippen LogP contribution in [-0.2, 0) is 0 Å². The Labute approximate surface area is 125 Å². The van der Waals surface area contributed by atoms with E-state index in [0.717, 1.165) is 51.0 Å². The number of para-hydroxylation sites is 1. The summed E-state index contributed by atoms with van der Waals surface area (Å²) in [5, 5.41) is 3.33. The molecule has 1 heterocycles. The highest BCUT2D eigenvalue weighted by atomic mass is 19.3. The lowest BCUT2D eigenvalue weighted by Gasteiger charge is -2.36. The van der Waals surface area contributed by atoms with Crippen molar-refractivity contribution in [2.75, 3.05) is 26.2 Å². The van der Waals surface area contributed by atoms with E-state index in [1.165, 1.54) is 0 Å². The molecule has 1 atom stereocenters. The van der Waals surface area contributed by atoms with Gasteiger partial charge in [-0.3, -0.25) is 4.90 Å². The van der Waals surface area contributed by atoms with Gasteiger partial charge >= 0.3 is 6.61 Å². The number of piperazine rings is 1. The first-order chi connectivity index (χ1) is 10.2. The van der Waals surface area contributed by atoms with Crippen molar-refractivity contribution >= 4 is 0 Å². The lowest BCUT2D eigenvalue weighted by atomic mass is 9.98. The fourth-order valence-electron chi connectivity index (χ4n) is 2.89. The van der Waals surface area contributed by atoms with Crippen LogP contribution in [0.4, 0.5) is 8.78 Å². The van der Waals surface area contributed by atoms with E-state index in [0.29, 0.717) is 5.75 Å². The van der Waals surface area contributed by atoms with Crippen LogP contribution < -0.4 is 10.1 Å². The van der Waals surface area contributed by atoms with Crippen molar-refractivity contribution in [1.82, 2.24) is 10.2 Å². The van der Waals surface area contributed by atoms with Crippen molar-refractivity contribution < 1.29 is 13.5 Å². The zero-order valence-corrected chi connectivity index (χ0v) is 12.5. The van der Waals surface area contributed by atoms with Crippen molar-refractivity contribution in [1.29, 1.82) is 0 Å². The average molecular weight is 298 g/mol. The van der Waals surface area contributed by atoms with Crippen LogP contribution in [0.1, 0.15) is 37.8 Å². The maximum absolute atomic E-state index is 12.6. The number of halogens is 2. The monoisotopic (exact) mass is 298 g/mol. The SMILES string of the molecule is CCCC[C@H](c1ccccc1OC(F)F)N1CCNCC1. The van der Waals surface area contributed by atoms with Crippen molar-refractivity contribution in [3.05, 3.63) is 29.8 Å². The van der Waals surface area contributed by atoms with Crippen LogP contribution >= 0.6 is 0 Å². The summed E-state index contributed by atoms with van der Waals surface area (Å²) in [6.07, 6.45) is 3.15. The second kappa shape index (κ2) is 8.29. The largest absolute Gasteiger partial charge is 0.434 e. The number of benzene rings is 1. The average Bonchev–Trinajstić information content (AvgIpc) is 2.50. The van der Waals surface area contributed by atoms with E-state index >= 15 is 0 Å². The van der Waals surface area contributed by atoms with Crippen LogP contribution in [0.25, 0.3) is 0 Å². The summed E-state index contributed by atoms with van der Waals surface area (Å²) in [7, 11) is 0. The van der Waals surface area contributed by atoms with E-state index in [1.54, 1.807) is 12.1 Å². The van der Waals surface area contributed by atoms with Crippen LogP contribution in [0.3, 0.4) is 0 Å². The number of nitrogens with one attached hydrogen (secondary N) is 1. The van der Waals surface area contributed by atoms with Crippen molar-refractivity contribution in [2.45, 2.75) is 38.8 Å². The summed E-state index contributed by atoms with van der Waals surface area (Å²) in [5.41, 5.74) is 0.883. The molecule has 0 spiro atoms. The molecule has 3 nitrogen and oxygen atoms in total. The molecule has 1 aliphatic rings. The molecule has 0 saturated carbocycles. The van der Waals surface area contributed by atoms with Crippen molar-refractivity contribution in [2.24, 2.45) is 0 Å². The smallest absolute Gasteiger partial charge is 0.387 e. The molecule has 0 unspecified atom stereocenters. The van der Waals surface area contributed by atoms with Gasteiger partial charge in [-0.2, -0.15) is 8.78 Å². The fraction of sp³-hybridized carbons (Fsp3) is 0.625. The Morgan fingerprint density at radius 2 is 1.95 bits per heavy atom. The number of ether oxygens (including phenoxy) is 1. The molecule has 1 aromatic rings. The summed E-state index contributed by atoms with van der Waals surface area (Å²) in [5.74, 6) is 0.312. The quantitative estimate of drug-likeness (QED) is 0.834. The van der Waals surface area contributed by atoms with Crippen LogP contribution in [0, 0.1) is 0 Å². The van der Waals surface area contributed by atoms with Gasteiger partial charge in [-0.05, 0) is 12.5 Å². The summed E-state index contributed by atoms with van der Waals surface area (Å²) in [6, 6.07) is 7.36. The molecule has 0 radical (unpaired) electrons. The number of unbranched alkanes of at least 4 members (excludes halogenated alkanes) is 1. The molecule has 1 fully saturated rings. The first-order valence-electron chi connectivity index (χ1n) is 7.71. The van der Waals surface area contributed by atoms with E-state index < -0.39 is 6.61 Å². The predicted octanol–water partition coefficient (Wildman–Crippen LogP) is 3.42. The molecule has 0 aliphatic carbocycles. The minimum Gasteiger partial charge on any atom is -0.434 e. The predicted molar refractivity (Wildman–Crippen MR) is 79.8 cm³/mol. The number of hydrogen-bond acceptors (Lipinski definition) is 3. The third-order valence-corrected chi connectivity index (χ3v) is 3.92. The lowest BCUT2D eigenvalue weighted by molar-refractivity contribution is -0.0513. The Kier molecular flexibility index (Phi) is 6.39. The molecule has 2 rings (SSSR count). The zero-order chi connectivity index (χ0) is 15.1. The van der Waals surface area contributed by atoms with Gasteiger partial charge in [0.05, 0.1) is 0 Å². The van der Waals surface area contributed by atoms with Crippen LogP contribution in [0.15, 0.2) is 24.3 Å². The number of nitrogens with zero attached hydrogens (tertiary/aromatic N) is 1. The second-order valence-corrected chi connectivity index (χ2v) is 5.36. The zero-order valence-electron chi connectivity index (χ0n) is 12.5. The van der Waals surface area contributed by atoms with Crippen molar-refractivity contribution in [3.8, 4) is 5.75 Å². The molecule has 5 heteroatoms. The molecule has 1 aromatic carbocycles. The summed E-state index contributed by atoms with van der Waals surface area (Å²) < 4.78 is 29.9. The molecule has 1 N–H and O–H groups in total. The molecule has 118 valence electrons. The van der Waals surface area contributed by atoms with E-state index in [1.807, 2.05) is 12.1 Å². The molecular formula is C16H24F2N2O. The highest BCUT2D eigenvalue weighted by Gasteiger charge is 2.25. The Morgan fingerprint density at radius 1 is 1.24 bits per heavy atom. The molecular weight excluding hydrogens is 274 g/mol. The summed E-state index contributed by atoms with van der Waals surface area (Å²) >= 11 is 0. The van der Waals surface area contributed by atoms with Gasteiger partial charge in [0.25, 0.3) is 0 Å². The van der Waals surface area contributed by atoms with E-state index in [4.69, 9.17) is 4.74 Å². The number of rotatable bonds is 7. The van der Waals surface area contributed by atoms with Gasteiger partial charge in [0, 0.05) is 37.8 Å². The molecule has 0 aromatic heterocycles. The lowest BCUT2D eigenvalue weighted by Crippen LogP contribution is -2.45. The molecule has 21 heavy (non-hydrogen) atoms. The maximum Gasteiger partial charge on any atom is 0.387 e. The highest BCUT2D eigenvalue weighted by Crippen LogP contribution is 2.34. The van der Waals surface area contributed by atoms with Gasteiger partial charge in [0.2, 0.25) is 0 Å².